The van der Waals surface area contributed by atoms with Crippen LogP contribution in [0.4, 0.5) is 5.69 Å². The van der Waals surface area contributed by atoms with Gasteiger partial charge in [0.05, 0.1) is 9.82 Å². The SMILES string of the molecule is CCCCCSP(=O)(NC)N(C(CCCCC)OCC)S(=O)(=O)c1ccc([N+](=O)[O-])cc1. The van der Waals surface area contributed by atoms with Crippen molar-refractivity contribution in [1.29, 1.82) is 0 Å². The number of ether oxygens (including phenoxy) is 1. The second-order valence-corrected chi connectivity index (χ2v) is 14.1. The summed E-state index contributed by atoms with van der Waals surface area (Å²) in [6, 6.07) is 4.63. The first-order valence-corrected chi connectivity index (χ1v) is 15.7. The topological polar surface area (TPSA) is 119 Å². The summed E-state index contributed by atoms with van der Waals surface area (Å²) in [4.78, 5) is 10.2. The van der Waals surface area contributed by atoms with Crippen LogP contribution in [0.1, 0.15) is 65.7 Å². The summed E-state index contributed by atoms with van der Waals surface area (Å²) in [5.74, 6) is 0.534. The van der Waals surface area contributed by atoms with Gasteiger partial charge in [0.1, 0.15) is 6.23 Å². The average molecular weight is 510 g/mol. The van der Waals surface area contributed by atoms with Crippen LogP contribution in [-0.2, 0) is 19.3 Å². The van der Waals surface area contributed by atoms with E-state index < -0.39 is 27.8 Å². The van der Waals surface area contributed by atoms with E-state index in [-0.39, 0.29) is 17.2 Å². The maximum atomic E-state index is 14.0. The van der Waals surface area contributed by atoms with Gasteiger partial charge in [-0.25, -0.2) is 13.5 Å². The molecule has 1 rings (SSSR count). The second-order valence-electron chi connectivity index (χ2n) is 7.22. The van der Waals surface area contributed by atoms with Crippen LogP contribution in [0.25, 0.3) is 0 Å². The number of nitrogens with one attached hydrogen (secondary N) is 1. The maximum absolute atomic E-state index is 14.0. The highest BCUT2D eigenvalue weighted by molar-refractivity contribution is 8.57. The van der Waals surface area contributed by atoms with Gasteiger partial charge in [0.2, 0.25) is 0 Å². The summed E-state index contributed by atoms with van der Waals surface area (Å²) >= 11 is 1.10. The fourth-order valence-electron chi connectivity index (χ4n) is 3.09. The molecular weight excluding hydrogens is 473 g/mol. The summed E-state index contributed by atoms with van der Waals surface area (Å²) < 4.78 is 48.2. The van der Waals surface area contributed by atoms with Crippen molar-refractivity contribution in [2.24, 2.45) is 0 Å². The number of benzene rings is 1. The summed E-state index contributed by atoms with van der Waals surface area (Å²) in [6.45, 7) is 2.48. The Hall–Kier alpha value is -0.970. The van der Waals surface area contributed by atoms with Crippen LogP contribution >= 0.6 is 18.0 Å². The standard InChI is InChI=1S/C20H36N3O6PS2/c1-5-8-10-12-20(29-7-3)23(30(26,21-4)31-17-11-9-6-2)32(27,28)19-15-13-18(14-16-19)22(24)25/h13-16,20H,5-12,17H2,1-4H3,(H,21,26). The number of hydrogen-bond acceptors (Lipinski definition) is 7. The van der Waals surface area contributed by atoms with Gasteiger partial charge < -0.3 is 4.74 Å². The molecule has 184 valence electrons. The molecule has 1 N–H and O–H groups in total. The summed E-state index contributed by atoms with van der Waals surface area (Å²) in [7, 11) is -2.79. The van der Waals surface area contributed by atoms with Gasteiger partial charge in [0, 0.05) is 24.5 Å². The lowest BCUT2D eigenvalue weighted by Crippen LogP contribution is -2.41. The van der Waals surface area contributed by atoms with Crippen molar-refractivity contribution in [3.05, 3.63) is 34.4 Å². The lowest BCUT2D eigenvalue weighted by molar-refractivity contribution is -0.384. The van der Waals surface area contributed by atoms with Crippen LogP contribution < -0.4 is 5.09 Å². The monoisotopic (exact) mass is 509 g/mol. The minimum absolute atomic E-state index is 0.159. The van der Waals surface area contributed by atoms with E-state index in [1.807, 2.05) is 6.92 Å². The lowest BCUT2D eigenvalue weighted by atomic mass is 10.2. The zero-order chi connectivity index (χ0) is 24.2. The Kier molecular flexibility index (Phi) is 13.0. The predicted octanol–water partition coefficient (Wildman–Crippen LogP) is 5.78. The molecule has 12 heteroatoms. The van der Waals surface area contributed by atoms with Gasteiger partial charge in [-0.2, -0.15) is 0 Å². The molecule has 1 aromatic rings. The highest BCUT2D eigenvalue weighted by atomic mass is 32.7. The van der Waals surface area contributed by atoms with Crippen molar-refractivity contribution in [3.63, 3.8) is 0 Å². The summed E-state index contributed by atoms with van der Waals surface area (Å²) in [6.07, 6.45) is 4.81. The first kappa shape index (κ1) is 29.1. The average Bonchev–Trinajstić information content (AvgIpc) is 2.77. The molecular formula is C20H36N3O6PS2. The molecule has 0 aromatic heterocycles. The van der Waals surface area contributed by atoms with Gasteiger partial charge in [0.25, 0.3) is 22.4 Å². The molecule has 0 saturated carbocycles. The Bertz CT molecular complexity index is 851. The minimum atomic E-state index is -4.28. The van der Waals surface area contributed by atoms with Crippen molar-refractivity contribution >= 4 is 33.7 Å². The molecule has 0 spiro atoms. The van der Waals surface area contributed by atoms with Crippen LogP contribution in [0.5, 0.6) is 0 Å². The van der Waals surface area contributed by atoms with E-state index >= 15 is 0 Å². The molecule has 1 aromatic carbocycles. The van der Waals surface area contributed by atoms with E-state index in [2.05, 4.69) is 12.0 Å². The molecule has 2 atom stereocenters. The van der Waals surface area contributed by atoms with E-state index in [9.17, 15) is 23.1 Å². The molecule has 0 fully saturated rings. The molecule has 0 aliphatic heterocycles. The largest absolute Gasteiger partial charge is 0.362 e. The van der Waals surface area contributed by atoms with Crippen LogP contribution in [0, 0.1) is 10.1 Å². The molecule has 0 bridgehead atoms. The Balaban J connectivity index is 3.46. The molecule has 0 aliphatic rings. The van der Waals surface area contributed by atoms with Crippen LogP contribution in [0.15, 0.2) is 29.2 Å². The molecule has 0 aliphatic carbocycles. The van der Waals surface area contributed by atoms with E-state index in [4.69, 9.17) is 4.74 Å². The smallest absolute Gasteiger partial charge is 0.284 e. The Morgan fingerprint density at radius 1 is 1.12 bits per heavy atom. The number of hydrogen-bond donors (Lipinski definition) is 1. The second kappa shape index (κ2) is 14.3. The Morgan fingerprint density at radius 3 is 2.22 bits per heavy atom. The number of unbranched alkanes of at least 4 members (excludes halogenated alkanes) is 4. The van der Waals surface area contributed by atoms with Gasteiger partial charge in [-0.1, -0.05) is 55.0 Å². The Labute approximate surface area is 196 Å². The zero-order valence-corrected chi connectivity index (χ0v) is 21.9. The highest BCUT2D eigenvalue weighted by Gasteiger charge is 2.45. The number of nitrogens with zero attached hydrogens (tertiary/aromatic N) is 2. The normalized spacial score (nSPS) is 14.9. The zero-order valence-electron chi connectivity index (χ0n) is 19.4. The van der Waals surface area contributed by atoms with Gasteiger partial charge in [-0.15, -0.1) is 0 Å². The molecule has 32 heavy (non-hydrogen) atoms. The highest BCUT2D eigenvalue weighted by Crippen LogP contribution is 2.61. The van der Waals surface area contributed by atoms with E-state index in [1.165, 1.54) is 19.2 Å². The van der Waals surface area contributed by atoms with Crippen LogP contribution in [-0.4, -0.2) is 43.1 Å². The van der Waals surface area contributed by atoms with Crippen molar-refractivity contribution in [2.75, 3.05) is 19.4 Å². The van der Waals surface area contributed by atoms with Crippen molar-refractivity contribution in [2.45, 2.75) is 76.8 Å². The van der Waals surface area contributed by atoms with Crippen LogP contribution in [0.2, 0.25) is 0 Å². The minimum Gasteiger partial charge on any atom is -0.362 e. The number of nitro benzene ring substituents is 1. The molecule has 2 unspecified atom stereocenters. The number of non-ortho nitro benzene ring substituents is 1. The first-order valence-electron chi connectivity index (χ1n) is 11.0. The molecule has 9 nitrogen and oxygen atoms in total. The molecule has 0 radical (unpaired) electrons. The van der Waals surface area contributed by atoms with E-state index in [0.29, 0.717) is 12.2 Å². The number of sulfonamides is 1. The quantitative estimate of drug-likeness (QED) is 0.0923. The van der Waals surface area contributed by atoms with Gasteiger partial charge in [-0.05, 0) is 45.4 Å². The lowest BCUT2D eigenvalue weighted by Gasteiger charge is -2.35. The Morgan fingerprint density at radius 2 is 1.72 bits per heavy atom. The summed E-state index contributed by atoms with van der Waals surface area (Å²) in [5.41, 5.74) is -0.217. The van der Waals surface area contributed by atoms with Crippen molar-refractivity contribution in [1.82, 2.24) is 9.16 Å². The van der Waals surface area contributed by atoms with Gasteiger partial charge in [0.15, 0.2) is 0 Å². The van der Waals surface area contributed by atoms with Crippen molar-refractivity contribution in [3.8, 4) is 0 Å². The predicted molar refractivity (Wildman–Crippen MR) is 130 cm³/mol. The summed E-state index contributed by atoms with van der Waals surface area (Å²) in [5, 5.41) is 13.7. The van der Waals surface area contributed by atoms with E-state index in [0.717, 1.165) is 66.1 Å². The molecule has 0 amide bonds. The van der Waals surface area contributed by atoms with Gasteiger partial charge in [-0.3, -0.25) is 14.7 Å². The third-order valence-corrected chi connectivity index (χ3v) is 12.9. The maximum Gasteiger partial charge on any atom is 0.284 e. The van der Waals surface area contributed by atoms with Crippen molar-refractivity contribution < 1.29 is 22.6 Å². The third-order valence-electron chi connectivity index (χ3n) is 4.81. The fraction of sp³-hybridized carbons (Fsp3) is 0.700. The molecule has 0 heterocycles. The van der Waals surface area contributed by atoms with Gasteiger partial charge >= 0.3 is 0 Å². The third kappa shape index (κ3) is 8.11. The first-order chi connectivity index (χ1) is 15.2. The molecule has 0 saturated heterocycles. The number of rotatable bonds is 17. The fourth-order valence-corrected chi connectivity index (χ4v) is 10.9. The van der Waals surface area contributed by atoms with E-state index in [1.54, 1.807) is 6.92 Å². The number of nitro groups is 1. The van der Waals surface area contributed by atoms with Crippen LogP contribution in [0.3, 0.4) is 0 Å².